The van der Waals surface area contributed by atoms with E-state index in [0.717, 1.165) is 36.6 Å². The van der Waals surface area contributed by atoms with Gasteiger partial charge in [-0.05, 0) is 86.6 Å². The first-order valence-corrected chi connectivity index (χ1v) is 9.21. The molecule has 1 saturated heterocycles. The number of anilines is 1. The Balaban J connectivity index is 1.82. The summed E-state index contributed by atoms with van der Waals surface area (Å²) in [7, 11) is 2.21. The Morgan fingerprint density at radius 3 is 2.67 bits per heavy atom. The molecule has 1 fully saturated rings. The van der Waals surface area contributed by atoms with Gasteiger partial charge in [-0.1, -0.05) is 17.7 Å². The molecule has 0 bridgehead atoms. The van der Waals surface area contributed by atoms with Crippen LogP contribution < -0.4 is 5.73 Å². The van der Waals surface area contributed by atoms with E-state index in [0.29, 0.717) is 11.8 Å². The fourth-order valence-electron chi connectivity index (χ4n) is 4.37. The van der Waals surface area contributed by atoms with Gasteiger partial charge >= 0.3 is 0 Å². The third kappa shape index (κ3) is 2.91. The zero-order valence-corrected chi connectivity index (χ0v) is 14.9. The molecular formula is C20H24ClN3. The van der Waals surface area contributed by atoms with Crippen LogP contribution in [0, 0.1) is 5.92 Å². The van der Waals surface area contributed by atoms with Crippen LogP contribution in [0.2, 0.25) is 5.02 Å². The molecular weight excluding hydrogens is 318 g/mol. The number of fused-ring (bicyclic) bond motifs is 2. The first-order valence-electron chi connectivity index (χ1n) is 8.83. The standard InChI is InChI=1S/C20H24ClN3/c1-24-8-6-13(7-9-24)19-18-5-4-16(21)10-14(18)2-3-15-11-17(22)12-23-20(15)19/h4-5,10-13,19H,2-3,6-9,22H2,1H3. The van der Waals surface area contributed by atoms with E-state index in [1.54, 1.807) is 0 Å². The van der Waals surface area contributed by atoms with Crippen LogP contribution in [-0.2, 0) is 12.8 Å². The molecule has 126 valence electrons. The highest BCUT2D eigenvalue weighted by atomic mass is 35.5. The van der Waals surface area contributed by atoms with E-state index >= 15 is 0 Å². The Morgan fingerprint density at radius 1 is 1.12 bits per heavy atom. The molecule has 1 atom stereocenters. The lowest BCUT2D eigenvalue weighted by atomic mass is 9.76. The van der Waals surface area contributed by atoms with Crippen LogP contribution in [0.15, 0.2) is 30.5 Å². The fourth-order valence-corrected chi connectivity index (χ4v) is 4.56. The molecule has 4 heteroatoms. The molecule has 0 saturated carbocycles. The average molecular weight is 342 g/mol. The van der Waals surface area contributed by atoms with Crippen LogP contribution in [0.25, 0.3) is 0 Å². The van der Waals surface area contributed by atoms with E-state index in [1.807, 2.05) is 12.3 Å². The second-order valence-corrected chi connectivity index (χ2v) is 7.71. The molecule has 1 unspecified atom stereocenters. The maximum absolute atomic E-state index is 6.28. The number of pyridine rings is 1. The Kier molecular flexibility index (Phi) is 4.23. The van der Waals surface area contributed by atoms with Gasteiger partial charge in [0.15, 0.2) is 0 Å². The van der Waals surface area contributed by atoms with E-state index in [2.05, 4.69) is 30.1 Å². The minimum atomic E-state index is 0.365. The predicted octanol–water partition coefficient (Wildman–Crippen LogP) is 3.89. The van der Waals surface area contributed by atoms with Crippen molar-refractivity contribution in [2.45, 2.75) is 31.6 Å². The quantitative estimate of drug-likeness (QED) is 0.855. The second kappa shape index (κ2) is 6.38. The van der Waals surface area contributed by atoms with Gasteiger partial charge in [0, 0.05) is 10.9 Å². The molecule has 2 N–H and O–H groups in total. The summed E-state index contributed by atoms with van der Waals surface area (Å²) < 4.78 is 0. The average Bonchev–Trinajstić information content (AvgIpc) is 2.72. The van der Waals surface area contributed by atoms with E-state index in [-0.39, 0.29) is 0 Å². The fraction of sp³-hybridized carbons (Fsp3) is 0.450. The molecule has 2 heterocycles. The Bertz CT molecular complexity index is 697. The Hall–Kier alpha value is -1.58. The van der Waals surface area contributed by atoms with Gasteiger partial charge in [-0.25, -0.2) is 0 Å². The SMILES string of the molecule is CN1CCC(C2c3ccc(Cl)cc3CCc3cc(N)cnc32)CC1. The molecule has 1 aliphatic heterocycles. The molecule has 0 amide bonds. The topological polar surface area (TPSA) is 42.1 Å². The van der Waals surface area contributed by atoms with Crippen LogP contribution in [-0.4, -0.2) is 30.0 Å². The summed E-state index contributed by atoms with van der Waals surface area (Å²) in [4.78, 5) is 7.23. The van der Waals surface area contributed by atoms with E-state index in [4.69, 9.17) is 22.3 Å². The molecule has 4 rings (SSSR count). The number of likely N-dealkylation sites (tertiary alicyclic amines) is 1. The highest BCUT2D eigenvalue weighted by Crippen LogP contribution is 2.42. The number of piperidine rings is 1. The molecule has 1 aliphatic carbocycles. The number of nitrogen functional groups attached to an aromatic ring is 1. The summed E-state index contributed by atoms with van der Waals surface area (Å²) >= 11 is 6.28. The van der Waals surface area contributed by atoms with Crippen molar-refractivity contribution in [2.24, 2.45) is 5.92 Å². The third-order valence-electron chi connectivity index (χ3n) is 5.66. The predicted molar refractivity (Wildman–Crippen MR) is 99.6 cm³/mol. The Labute approximate surface area is 148 Å². The maximum atomic E-state index is 6.28. The number of nitrogens with two attached hydrogens (primary N) is 1. The van der Waals surface area contributed by atoms with Gasteiger partial charge in [0.2, 0.25) is 0 Å². The summed E-state index contributed by atoms with van der Waals surface area (Å²) in [6.07, 6.45) is 6.26. The van der Waals surface area contributed by atoms with Crippen molar-refractivity contribution in [3.8, 4) is 0 Å². The number of hydrogen-bond donors (Lipinski definition) is 1. The van der Waals surface area contributed by atoms with Gasteiger partial charge in [-0.3, -0.25) is 4.98 Å². The zero-order valence-electron chi connectivity index (χ0n) is 14.1. The number of halogens is 1. The smallest absolute Gasteiger partial charge is 0.0514 e. The minimum Gasteiger partial charge on any atom is -0.397 e. The van der Waals surface area contributed by atoms with Crippen molar-refractivity contribution in [3.05, 3.63) is 57.9 Å². The first-order chi connectivity index (χ1) is 11.6. The number of aryl methyl sites for hydroxylation is 2. The molecule has 24 heavy (non-hydrogen) atoms. The van der Waals surface area contributed by atoms with E-state index in [9.17, 15) is 0 Å². The lowest BCUT2D eigenvalue weighted by molar-refractivity contribution is 0.206. The highest BCUT2D eigenvalue weighted by molar-refractivity contribution is 6.30. The van der Waals surface area contributed by atoms with Gasteiger partial charge < -0.3 is 10.6 Å². The van der Waals surface area contributed by atoms with Crippen molar-refractivity contribution in [1.82, 2.24) is 9.88 Å². The van der Waals surface area contributed by atoms with Crippen molar-refractivity contribution < 1.29 is 0 Å². The summed E-state index contributed by atoms with van der Waals surface area (Å²) in [6.45, 7) is 2.32. The van der Waals surface area contributed by atoms with Gasteiger partial charge in [-0.2, -0.15) is 0 Å². The molecule has 2 aliphatic rings. The van der Waals surface area contributed by atoms with Crippen LogP contribution in [0.1, 0.15) is 41.1 Å². The summed E-state index contributed by atoms with van der Waals surface area (Å²) in [5, 5.41) is 0.828. The van der Waals surface area contributed by atoms with Crippen LogP contribution in [0.5, 0.6) is 0 Å². The third-order valence-corrected chi connectivity index (χ3v) is 5.89. The lowest BCUT2D eigenvalue weighted by Gasteiger charge is -2.35. The van der Waals surface area contributed by atoms with Crippen LogP contribution in [0.4, 0.5) is 5.69 Å². The maximum Gasteiger partial charge on any atom is 0.0514 e. The zero-order chi connectivity index (χ0) is 16.7. The van der Waals surface area contributed by atoms with Crippen molar-refractivity contribution in [2.75, 3.05) is 25.9 Å². The number of benzene rings is 1. The molecule has 2 aromatic rings. The number of aromatic nitrogens is 1. The van der Waals surface area contributed by atoms with Crippen molar-refractivity contribution in [1.29, 1.82) is 0 Å². The largest absolute Gasteiger partial charge is 0.397 e. The van der Waals surface area contributed by atoms with Gasteiger partial charge in [0.25, 0.3) is 0 Å². The number of hydrogen-bond acceptors (Lipinski definition) is 3. The second-order valence-electron chi connectivity index (χ2n) is 7.27. The van der Waals surface area contributed by atoms with Crippen molar-refractivity contribution in [3.63, 3.8) is 0 Å². The normalized spacial score (nSPS) is 21.8. The summed E-state index contributed by atoms with van der Waals surface area (Å²) in [5.41, 5.74) is 12.1. The van der Waals surface area contributed by atoms with Crippen LogP contribution >= 0.6 is 11.6 Å². The molecule has 1 aromatic heterocycles. The monoisotopic (exact) mass is 341 g/mol. The van der Waals surface area contributed by atoms with Gasteiger partial charge in [-0.15, -0.1) is 0 Å². The van der Waals surface area contributed by atoms with E-state index < -0.39 is 0 Å². The van der Waals surface area contributed by atoms with Crippen molar-refractivity contribution >= 4 is 17.3 Å². The van der Waals surface area contributed by atoms with Gasteiger partial charge in [0.1, 0.15) is 0 Å². The number of nitrogens with zero attached hydrogens (tertiary/aromatic N) is 2. The molecule has 3 nitrogen and oxygen atoms in total. The highest BCUT2D eigenvalue weighted by Gasteiger charge is 2.33. The Morgan fingerprint density at radius 2 is 1.88 bits per heavy atom. The number of rotatable bonds is 1. The lowest BCUT2D eigenvalue weighted by Crippen LogP contribution is -2.33. The summed E-state index contributed by atoms with van der Waals surface area (Å²) in [6, 6.07) is 8.53. The minimum absolute atomic E-state index is 0.365. The first kappa shape index (κ1) is 15.9. The van der Waals surface area contributed by atoms with E-state index in [1.165, 1.54) is 35.2 Å². The van der Waals surface area contributed by atoms with Gasteiger partial charge in [0.05, 0.1) is 17.6 Å². The van der Waals surface area contributed by atoms with Crippen LogP contribution in [0.3, 0.4) is 0 Å². The molecule has 0 radical (unpaired) electrons. The molecule has 0 spiro atoms. The summed E-state index contributed by atoms with van der Waals surface area (Å²) in [5.74, 6) is 0.998. The molecule has 1 aromatic carbocycles.